The molecule has 66 heavy (non-hydrogen) atoms. The number of aliphatic hydroxyl groups is 3. The van der Waals surface area contributed by atoms with Crippen LogP contribution in [0.25, 0.3) is 0 Å². The van der Waals surface area contributed by atoms with E-state index < -0.39 is 17.7 Å². The molecule has 3 aliphatic carbocycles. The molecule has 0 unspecified atom stereocenters. The Bertz CT molecular complexity index is 2010. The molecule has 2 fully saturated rings. The van der Waals surface area contributed by atoms with Crippen LogP contribution in [0.15, 0.2) is 113 Å². The predicted octanol–water partition coefficient (Wildman–Crippen LogP) is 9.50. The van der Waals surface area contributed by atoms with Crippen molar-refractivity contribution in [3.8, 4) is 11.5 Å². The fraction of sp³-hybridized carbons (Fsp3) is 0.556. The minimum atomic E-state index is -1.36. The smallest absolute Gasteiger partial charge is 0.239 e. The summed E-state index contributed by atoms with van der Waals surface area (Å²) in [6.45, 7) is 5.84. The summed E-state index contributed by atoms with van der Waals surface area (Å²) in [6, 6.07) is 25.8. The van der Waals surface area contributed by atoms with Gasteiger partial charge in [-0.05, 0) is 91.3 Å². The van der Waals surface area contributed by atoms with Gasteiger partial charge in [0.15, 0.2) is 0 Å². The third-order valence-electron chi connectivity index (χ3n) is 13.9. The highest BCUT2D eigenvalue weighted by Crippen LogP contribution is 2.62. The summed E-state index contributed by atoms with van der Waals surface area (Å²) in [6.07, 6.45) is 15.1. The fourth-order valence-electron chi connectivity index (χ4n) is 10.9. The van der Waals surface area contributed by atoms with E-state index >= 15 is 0 Å². The summed E-state index contributed by atoms with van der Waals surface area (Å²) in [4.78, 5) is 24.4. The maximum Gasteiger partial charge on any atom is 0.239 e. The summed E-state index contributed by atoms with van der Waals surface area (Å²) in [5.74, 6) is 0.995. The first-order valence-corrected chi connectivity index (χ1v) is 25.5. The molecule has 1 heterocycles. The zero-order valence-electron chi connectivity index (χ0n) is 38.7. The molecule has 6 atom stereocenters. The minimum absolute atomic E-state index is 0.0123. The highest BCUT2D eigenvalue weighted by Gasteiger charge is 2.65. The SMILES string of the molecule is C=CCO[C@@]12Oc3ccc(OCCSc4ccccc4)cc3[C@H]3[C@H](CCCCO)[C@@H](CCCCO)C=C(C(=NOCc4ccccc4)C[C@@H]1N(CCOCCO)C(=O)CCC1CCCC1)[C@H]32. The van der Waals surface area contributed by atoms with Crippen LogP contribution < -0.4 is 9.47 Å². The van der Waals surface area contributed by atoms with Crippen LogP contribution in [0.4, 0.5) is 0 Å². The predicted molar refractivity (Wildman–Crippen MR) is 260 cm³/mol. The highest BCUT2D eigenvalue weighted by molar-refractivity contribution is 7.99. The molecule has 3 N–H and O–H groups in total. The molecule has 7 rings (SSSR count). The molecule has 2 saturated carbocycles. The molecule has 0 bridgehead atoms. The Morgan fingerprint density at radius 1 is 0.894 bits per heavy atom. The van der Waals surface area contributed by atoms with E-state index in [4.69, 9.17) is 28.9 Å². The number of benzene rings is 3. The van der Waals surface area contributed by atoms with Crippen LogP contribution >= 0.6 is 11.8 Å². The molecule has 3 aromatic carbocycles. The Balaban J connectivity index is 1.36. The van der Waals surface area contributed by atoms with Gasteiger partial charge in [-0.3, -0.25) is 4.79 Å². The number of nitrogens with zero attached hydrogens (tertiary/aromatic N) is 2. The van der Waals surface area contributed by atoms with E-state index in [2.05, 4.69) is 30.9 Å². The minimum Gasteiger partial charge on any atom is -0.493 e. The number of rotatable bonds is 28. The van der Waals surface area contributed by atoms with Crippen LogP contribution in [0, 0.1) is 23.7 Å². The van der Waals surface area contributed by atoms with Gasteiger partial charge in [0, 0.05) is 54.7 Å². The number of allylic oxidation sites excluding steroid dienone is 1. The summed E-state index contributed by atoms with van der Waals surface area (Å²) in [7, 11) is 0. The second kappa shape index (κ2) is 25.8. The van der Waals surface area contributed by atoms with Crippen molar-refractivity contribution in [1.29, 1.82) is 0 Å². The van der Waals surface area contributed by atoms with Gasteiger partial charge in [0.1, 0.15) is 24.1 Å². The molecule has 12 heteroatoms. The third-order valence-corrected chi connectivity index (χ3v) is 14.9. The topological polar surface area (TPSA) is 140 Å². The Morgan fingerprint density at radius 2 is 1.65 bits per heavy atom. The summed E-state index contributed by atoms with van der Waals surface area (Å²) < 4.78 is 27.1. The van der Waals surface area contributed by atoms with Gasteiger partial charge >= 0.3 is 0 Å². The standard InChI is InChI=1S/C54H72N2O9S/c1-2-31-63-54-50(56(27-32-61-33-30-59)51(60)26-23-40-15-9-10-16-40)38-48(55-64-39-41-17-5-3-6-18-41)46-36-42(19-11-13-28-57)45(22-12-14-29-58)52(53(46)54)47-37-43(24-25-49(47)65-54)62-34-35-66-44-20-7-4-8-21-44/h2-8,17-18,20-21,24-25,36-37,40,42,45,50,52-53,57-59H,1,9-16,19,22-23,26-35,38-39H2/t42-,45+,50-,52+,53+,54+/m0/s1. The molecule has 0 radical (unpaired) electrons. The first-order valence-electron chi connectivity index (χ1n) is 24.5. The van der Waals surface area contributed by atoms with Crippen molar-refractivity contribution in [2.45, 2.75) is 113 Å². The monoisotopic (exact) mass is 924 g/mol. The van der Waals surface area contributed by atoms with Gasteiger partial charge in [-0.2, -0.15) is 0 Å². The third kappa shape index (κ3) is 12.7. The summed E-state index contributed by atoms with van der Waals surface area (Å²) in [5.41, 5.74) is 3.76. The van der Waals surface area contributed by atoms with Crippen molar-refractivity contribution in [3.05, 3.63) is 114 Å². The van der Waals surface area contributed by atoms with E-state index in [9.17, 15) is 20.1 Å². The zero-order chi connectivity index (χ0) is 46.0. The van der Waals surface area contributed by atoms with E-state index in [1.54, 1.807) is 17.8 Å². The number of hydrogen-bond acceptors (Lipinski definition) is 11. The quantitative estimate of drug-likeness (QED) is 0.0279. The van der Waals surface area contributed by atoms with Crippen molar-refractivity contribution in [2.24, 2.45) is 28.8 Å². The number of hydrogen-bond donors (Lipinski definition) is 3. The number of amides is 1. The van der Waals surface area contributed by atoms with Crippen molar-refractivity contribution in [3.63, 3.8) is 0 Å². The van der Waals surface area contributed by atoms with Crippen LogP contribution in [-0.4, -0.2) is 102 Å². The Hall–Kier alpha value is -4.17. The van der Waals surface area contributed by atoms with Crippen LogP contribution in [0.1, 0.15) is 101 Å². The van der Waals surface area contributed by atoms with Crippen LogP contribution in [0.2, 0.25) is 0 Å². The lowest BCUT2D eigenvalue weighted by Crippen LogP contribution is -2.70. The molecule has 0 aromatic heterocycles. The number of ether oxygens (including phenoxy) is 4. The van der Waals surface area contributed by atoms with Gasteiger partial charge in [0.05, 0.1) is 44.7 Å². The number of oxime groups is 1. The van der Waals surface area contributed by atoms with Gasteiger partial charge in [-0.15, -0.1) is 18.3 Å². The average Bonchev–Trinajstić information content (AvgIpc) is 3.88. The fourth-order valence-corrected chi connectivity index (χ4v) is 11.6. The second-order valence-electron chi connectivity index (χ2n) is 18.2. The first-order chi connectivity index (χ1) is 32.5. The number of carbonyl (C=O) groups is 1. The van der Waals surface area contributed by atoms with Crippen LogP contribution in [0.3, 0.4) is 0 Å². The zero-order valence-corrected chi connectivity index (χ0v) is 39.5. The van der Waals surface area contributed by atoms with Gasteiger partial charge in [0.25, 0.3) is 0 Å². The molecule has 4 aliphatic rings. The summed E-state index contributed by atoms with van der Waals surface area (Å²) in [5, 5.41) is 34.7. The first kappa shape index (κ1) is 49.7. The van der Waals surface area contributed by atoms with Crippen LogP contribution in [-0.2, 0) is 25.7 Å². The van der Waals surface area contributed by atoms with Gasteiger partial charge in [0.2, 0.25) is 11.7 Å². The van der Waals surface area contributed by atoms with Gasteiger partial charge in [-0.25, -0.2) is 0 Å². The lowest BCUT2D eigenvalue weighted by molar-refractivity contribution is -0.258. The van der Waals surface area contributed by atoms with Crippen molar-refractivity contribution < 1.29 is 43.9 Å². The molecule has 1 aliphatic heterocycles. The molecular weight excluding hydrogens is 853 g/mol. The van der Waals surface area contributed by atoms with E-state index in [-0.39, 0.29) is 76.5 Å². The van der Waals surface area contributed by atoms with E-state index in [1.165, 1.54) is 17.7 Å². The Morgan fingerprint density at radius 3 is 2.39 bits per heavy atom. The van der Waals surface area contributed by atoms with Crippen molar-refractivity contribution in [1.82, 2.24) is 4.90 Å². The van der Waals surface area contributed by atoms with Crippen molar-refractivity contribution in [2.75, 3.05) is 58.5 Å². The van der Waals surface area contributed by atoms with Crippen molar-refractivity contribution >= 4 is 23.4 Å². The molecule has 3 aromatic rings. The number of aliphatic hydroxyl groups excluding tert-OH is 3. The number of carbonyl (C=O) groups excluding carboxylic acids is 1. The average molecular weight is 925 g/mol. The highest BCUT2D eigenvalue weighted by atomic mass is 32.2. The molecule has 0 saturated heterocycles. The molecule has 0 spiro atoms. The number of thioether (sulfide) groups is 1. The Kier molecular flexibility index (Phi) is 19.5. The molecule has 11 nitrogen and oxygen atoms in total. The van der Waals surface area contributed by atoms with Gasteiger partial charge in [-0.1, -0.05) is 104 Å². The Labute approximate surface area is 396 Å². The molecular formula is C54H72N2O9S. The molecule has 358 valence electrons. The maximum absolute atomic E-state index is 15.0. The lowest BCUT2D eigenvalue weighted by atomic mass is 9.55. The van der Waals surface area contributed by atoms with E-state index in [0.717, 1.165) is 78.9 Å². The van der Waals surface area contributed by atoms with E-state index in [0.29, 0.717) is 44.0 Å². The summed E-state index contributed by atoms with van der Waals surface area (Å²) >= 11 is 1.76. The normalized spacial score (nSPS) is 24.0. The van der Waals surface area contributed by atoms with Gasteiger partial charge < -0.3 is 44.0 Å². The number of fused-ring (bicyclic) bond motifs is 2. The lowest BCUT2D eigenvalue weighted by Gasteiger charge is -2.60. The maximum atomic E-state index is 15.0. The number of unbranched alkanes of at least 4 members (excludes halogenated alkanes) is 2. The second-order valence-corrected chi connectivity index (χ2v) is 19.3. The molecule has 1 amide bonds. The van der Waals surface area contributed by atoms with E-state index in [1.807, 2.05) is 65.6 Å². The largest absolute Gasteiger partial charge is 0.493 e. The van der Waals surface area contributed by atoms with Crippen LogP contribution in [0.5, 0.6) is 11.5 Å².